The van der Waals surface area contributed by atoms with Crippen molar-refractivity contribution in [3.63, 3.8) is 0 Å². The molecule has 0 aromatic carbocycles. The van der Waals surface area contributed by atoms with Gasteiger partial charge in [-0.25, -0.2) is 15.0 Å². The van der Waals surface area contributed by atoms with Crippen LogP contribution in [0.5, 0.6) is 0 Å². The summed E-state index contributed by atoms with van der Waals surface area (Å²) in [5.74, 6) is 1.15. The van der Waals surface area contributed by atoms with Crippen LogP contribution in [-0.2, 0) is 12.8 Å². The van der Waals surface area contributed by atoms with E-state index in [1.807, 2.05) is 11.3 Å². The Morgan fingerprint density at radius 2 is 1.88 bits per heavy atom. The standard InChI is InChI=1S/C18H21N5S2/c1-12-10-24-18(21-12)23-7-3-6-22(8-9-23)16-15-13-4-2-5-14(13)25-17(15)20-11-19-16/h10-11H,2-9H2,1H3. The molecular formula is C18H21N5S2. The highest BCUT2D eigenvalue weighted by atomic mass is 32.1. The van der Waals surface area contributed by atoms with Crippen molar-refractivity contribution in [2.75, 3.05) is 36.0 Å². The summed E-state index contributed by atoms with van der Waals surface area (Å²) in [6.07, 6.45) is 6.57. The minimum atomic E-state index is 0.995. The van der Waals surface area contributed by atoms with E-state index in [-0.39, 0.29) is 0 Å². The molecule has 5 nitrogen and oxygen atoms in total. The predicted octanol–water partition coefficient (Wildman–Crippen LogP) is 3.66. The minimum Gasteiger partial charge on any atom is -0.354 e. The van der Waals surface area contributed by atoms with Crippen molar-refractivity contribution in [1.29, 1.82) is 0 Å². The molecule has 3 aromatic heterocycles. The van der Waals surface area contributed by atoms with Crippen LogP contribution in [0, 0.1) is 6.92 Å². The molecule has 0 spiro atoms. The number of anilines is 2. The molecule has 0 N–H and O–H groups in total. The van der Waals surface area contributed by atoms with Gasteiger partial charge in [-0.05, 0) is 38.2 Å². The average molecular weight is 372 g/mol. The van der Waals surface area contributed by atoms with Crippen molar-refractivity contribution in [2.24, 2.45) is 0 Å². The normalized spacial score (nSPS) is 18.0. The lowest BCUT2D eigenvalue weighted by molar-refractivity contribution is 0.798. The molecule has 1 fully saturated rings. The van der Waals surface area contributed by atoms with E-state index in [4.69, 9.17) is 4.98 Å². The number of fused-ring (bicyclic) bond motifs is 3. The van der Waals surface area contributed by atoms with E-state index in [9.17, 15) is 0 Å². The van der Waals surface area contributed by atoms with E-state index < -0.39 is 0 Å². The first-order chi connectivity index (χ1) is 12.3. The third kappa shape index (κ3) is 2.69. The van der Waals surface area contributed by atoms with Gasteiger partial charge in [-0.15, -0.1) is 22.7 Å². The maximum atomic E-state index is 4.71. The smallest absolute Gasteiger partial charge is 0.185 e. The predicted molar refractivity (Wildman–Crippen MR) is 105 cm³/mol. The second-order valence-corrected chi connectivity index (χ2v) is 8.75. The summed E-state index contributed by atoms with van der Waals surface area (Å²) in [6.45, 7) is 6.19. The Hall–Kier alpha value is -1.73. The highest BCUT2D eigenvalue weighted by Crippen LogP contribution is 2.40. The first kappa shape index (κ1) is 15.5. The third-order valence-corrected chi connectivity index (χ3v) is 7.37. The fourth-order valence-corrected chi connectivity index (χ4v) is 6.04. The van der Waals surface area contributed by atoms with E-state index in [1.165, 1.54) is 39.9 Å². The van der Waals surface area contributed by atoms with Gasteiger partial charge in [0.05, 0.1) is 11.1 Å². The van der Waals surface area contributed by atoms with Crippen LogP contribution >= 0.6 is 22.7 Å². The molecule has 3 aromatic rings. The molecule has 0 amide bonds. The molecule has 25 heavy (non-hydrogen) atoms. The van der Waals surface area contributed by atoms with Gasteiger partial charge in [-0.3, -0.25) is 0 Å². The van der Waals surface area contributed by atoms with Crippen LogP contribution in [0.25, 0.3) is 10.2 Å². The molecule has 1 aliphatic carbocycles. The second-order valence-electron chi connectivity index (χ2n) is 6.83. The zero-order valence-corrected chi connectivity index (χ0v) is 16.0. The summed E-state index contributed by atoms with van der Waals surface area (Å²) in [6, 6.07) is 0. The first-order valence-corrected chi connectivity index (χ1v) is 10.7. The number of thiazole rings is 1. The Morgan fingerprint density at radius 1 is 1.00 bits per heavy atom. The van der Waals surface area contributed by atoms with E-state index in [1.54, 1.807) is 17.7 Å². The number of nitrogens with zero attached hydrogens (tertiary/aromatic N) is 5. The van der Waals surface area contributed by atoms with E-state index >= 15 is 0 Å². The number of thiophene rings is 1. The molecule has 0 saturated carbocycles. The van der Waals surface area contributed by atoms with Gasteiger partial charge in [-0.2, -0.15) is 0 Å². The van der Waals surface area contributed by atoms with Gasteiger partial charge in [0.15, 0.2) is 5.13 Å². The van der Waals surface area contributed by atoms with Crippen molar-refractivity contribution in [3.05, 3.63) is 27.8 Å². The Labute approximate surface area is 155 Å². The molecule has 130 valence electrons. The van der Waals surface area contributed by atoms with Crippen molar-refractivity contribution < 1.29 is 0 Å². The third-order valence-electron chi connectivity index (χ3n) is 5.15. The summed E-state index contributed by atoms with van der Waals surface area (Å²) in [5, 5.41) is 4.63. The van der Waals surface area contributed by atoms with Crippen LogP contribution in [-0.4, -0.2) is 41.1 Å². The quantitative estimate of drug-likeness (QED) is 0.688. The van der Waals surface area contributed by atoms with Gasteiger partial charge < -0.3 is 9.80 Å². The van der Waals surface area contributed by atoms with Crippen LogP contribution in [0.2, 0.25) is 0 Å². The summed E-state index contributed by atoms with van der Waals surface area (Å²) < 4.78 is 0. The SMILES string of the molecule is Cc1csc(N2CCCN(c3ncnc4sc5c(c34)CCC5)CC2)n1. The number of aryl methyl sites for hydroxylation is 3. The molecular weight excluding hydrogens is 350 g/mol. The molecule has 0 unspecified atom stereocenters. The number of hydrogen-bond donors (Lipinski definition) is 0. The van der Waals surface area contributed by atoms with Crippen molar-refractivity contribution >= 4 is 43.8 Å². The molecule has 0 bridgehead atoms. The summed E-state index contributed by atoms with van der Waals surface area (Å²) in [5.41, 5.74) is 2.64. The van der Waals surface area contributed by atoms with Crippen molar-refractivity contribution in [1.82, 2.24) is 15.0 Å². The Kier molecular flexibility index (Phi) is 3.86. The van der Waals surface area contributed by atoms with Gasteiger partial charge in [0.25, 0.3) is 0 Å². The summed E-state index contributed by atoms with van der Waals surface area (Å²) in [4.78, 5) is 21.5. The van der Waals surface area contributed by atoms with E-state index in [0.717, 1.165) is 49.2 Å². The topological polar surface area (TPSA) is 45.2 Å². The molecule has 0 atom stereocenters. The fourth-order valence-electron chi connectivity index (χ4n) is 3.96. The summed E-state index contributed by atoms with van der Waals surface area (Å²) >= 11 is 3.63. The lowest BCUT2D eigenvalue weighted by atomic mass is 10.2. The van der Waals surface area contributed by atoms with Crippen LogP contribution in [0.1, 0.15) is 29.0 Å². The Morgan fingerprint density at radius 3 is 2.76 bits per heavy atom. The molecule has 7 heteroatoms. The number of rotatable bonds is 2. The van der Waals surface area contributed by atoms with Crippen molar-refractivity contribution in [3.8, 4) is 0 Å². The molecule has 5 rings (SSSR count). The lowest BCUT2D eigenvalue weighted by Crippen LogP contribution is -2.31. The van der Waals surface area contributed by atoms with Gasteiger partial charge in [0.1, 0.15) is 17.0 Å². The van der Waals surface area contributed by atoms with Gasteiger partial charge in [0, 0.05) is 36.4 Å². The second kappa shape index (κ2) is 6.21. The number of aromatic nitrogens is 3. The van der Waals surface area contributed by atoms with Gasteiger partial charge in [0.2, 0.25) is 0 Å². The Balaban J connectivity index is 1.45. The Bertz CT molecular complexity index is 915. The summed E-state index contributed by atoms with van der Waals surface area (Å²) in [7, 11) is 0. The zero-order chi connectivity index (χ0) is 16.8. The van der Waals surface area contributed by atoms with Crippen LogP contribution < -0.4 is 9.80 Å². The van der Waals surface area contributed by atoms with E-state index in [2.05, 4.69) is 32.1 Å². The number of hydrogen-bond acceptors (Lipinski definition) is 7. The van der Waals surface area contributed by atoms with Crippen LogP contribution in [0.3, 0.4) is 0 Å². The first-order valence-electron chi connectivity index (χ1n) is 8.97. The highest BCUT2D eigenvalue weighted by molar-refractivity contribution is 7.19. The maximum Gasteiger partial charge on any atom is 0.185 e. The van der Waals surface area contributed by atoms with E-state index in [0.29, 0.717) is 0 Å². The zero-order valence-electron chi connectivity index (χ0n) is 14.4. The molecule has 0 radical (unpaired) electrons. The van der Waals surface area contributed by atoms with Crippen LogP contribution in [0.15, 0.2) is 11.7 Å². The highest BCUT2D eigenvalue weighted by Gasteiger charge is 2.25. The fraction of sp³-hybridized carbons (Fsp3) is 0.500. The van der Waals surface area contributed by atoms with Crippen molar-refractivity contribution in [2.45, 2.75) is 32.6 Å². The van der Waals surface area contributed by atoms with Gasteiger partial charge in [-0.1, -0.05) is 0 Å². The maximum absolute atomic E-state index is 4.71. The molecule has 1 aliphatic heterocycles. The molecule has 2 aliphatic rings. The monoisotopic (exact) mass is 371 g/mol. The molecule has 4 heterocycles. The van der Waals surface area contributed by atoms with Gasteiger partial charge >= 0.3 is 0 Å². The largest absolute Gasteiger partial charge is 0.354 e. The molecule has 1 saturated heterocycles. The lowest BCUT2D eigenvalue weighted by Gasteiger charge is -2.23. The average Bonchev–Trinajstić information content (AvgIpc) is 3.26. The van der Waals surface area contributed by atoms with Crippen LogP contribution in [0.4, 0.5) is 10.9 Å². The minimum absolute atomic E-state index is 0.995.